The van der Waals surface area contributed by atoms with Crippen LogP contribution in [0.25, 0.3) is 0 Å². The van der Waals surface area contributed by atoms with Crippen LogP contribution in [0, 0.1) is 0 Å². The molecule has 230 valence electrons. The van der Waals surface area contributed by atoms with E-state index in [2.05, 4.69) is 20.8 Å². The standard InChI is InChI=1S/C36H74O2/c1-4-7-9-11-13-15-17-19-20-21-22-24-26-28-30-32-34-38-36(6-3)35(37)33-31-29-27-25-23-18-16-14-12-10-8-5-2/h35-37H,4-34H2,1-3H3. The Kier molecular flexibility index (Phi) is 33.1. The Labute approximate surface area is 241 Å². The third-order valence-corrected chi connectivity index (χ3v) is 8.51. The SMILES string of the molecule is CCCCCCCCCCCCCCCCCCOC(CC)C(O)CCCCCCCCCCCCCC. The molecule has 0 aliphatic heterocycles. The van der Waals surface area contributed by atoms with Crippen molar-refractivity contribution >= 4 is 0 Å². The molecule has 2 unspecified atom stereocenters. The topological polar surface area (TPSA) is 29.5 Å². The number of ether oxygens (including phenoxy) is 1. The first-order valence-corrected chi connectivity index (χ1v) is 18.1. The van der Waals surface area contributed by atoms with Crippen molar-refractivity contribution in [1.82, 2.24) is 0 Å². The van der Waals surface area contributed by atoms with Crippen LogP contribution < -0.4 is 0 Å². The Morgan fingerprint density at radius 1 is 0.395 bits per heavy atom. The monoisotopic (exact) mass is 539 g/mol. The first-order valence-electron chi connectivity index (χ1n) is 18.1. The molecule has 0 saturated heterocycles. The van der Waals surface area contributed by atoms with Crippen LogP contribution in [-0.2, 0) is 4.74 Å². The van der Waals surface area contributed by atoms with Gasteiger partial charge in [0.05, 0.1) is 12.2 Å². The molecule has 0 radical (unpaired) electrons. The van der Waals surface area contributed by atoms with Crippen molar-refractivity contribution < 1.29 is 9.84 Å². The lowest BCUT2D eigenvalue weighted by Gasteiger charge is -2.22. The van der Waals surface area contributed by atoms with Gasteiger partial charge in [0.15, 0.2) is 0 Å². The molecule has 2 heteroatoms. The van der Waals surface area contributed by atoms with Gasteiger partial charge in [-0.2, -0.15) is 0 Å². The molecule has 2 nitrogen and oxygen atoms in total. The Bertz CT molecular complexity index is 410. The largest absolute Gasteiger partial charge is 0.390 e. The van der Waals surface area contributed by atoms with Crippen molar-refractivity contribution in [3.63, 3.8) is 0 Å². The molecule has 2 atom stereocenters. The van der Waals surface area contributed by atoms with Gasteiger partial charge in [-0.25, -0.2) is 0 Å². The van der Waals surface area contributed by atoms with E-state index in [1.54, 1.807) is 0 Å². The highest BCUT2D eigenvalue weighted by atomic mass is 16.5. The highest BCUT2D eigenvalue weighted by Gasteiger charge is 2.17. The molecule has 0 aromatic rings. The van der Waals surface area contributed by atoms with E-state index in [4.69, 9.17) is 4.74 Å². The van der Waals surface area contributed by atoms with E-state index in [9.17, 15) is 5.11 Å². The van der Waals surface area contributed by atoms with Crippen LogP contribution in [0.15, 0.2) is 0 Å². The Hall–Kier alpha value is -0.0800. The van der Waals surface area contributed by atoms with Crippen molar-refractivity contribution in [2.75, 3.05) is 6.61 Å². The Morgan fingerprint density at radius 2 is 0.684 bits per heavy atom. The molecule has 0 saturated carbocycles. The summed E-state index contributed by atoms with van der Waals surface area (Å²) >= 11 is 0. The molecule has 0 aliphatic carbocycles. The number of hydrogen-bond donors (Lipinski definition) is 1. The number of hydrogen-bond acceptors (Lipinski definition) is 2. The zero-order chi connectivity index (χ0) is 27.8. The summed E-state index contributed by atoms with van der Waals surface area (Å²) in [6.07, 6.45) is 40.4. The third-order valence-electron chi connectivity index (χ3n) is 8.51. The molecular formula is C36H74O2. The highest BCUT2D eigenvalue weighted by molar-refractivity contribution is 4.68. The van der Waals surface area contributed by atoms with Gasteiger partial charge in [-0.15, -0.1) is 0 Å². The fraction of sp³-hybridized carbons (Fsp3) is 1.00. The van der Waals surface area contributed by atoms with Gasteiger partial charge in [0, 0.05) is 6.61 Å². The maximum absolute atomic E-state index is 10.6. The van der Waals surface area contributed by atoms with Crippen LogP contribution in [0.2, 0.25) is 0 Å². The average Bonchev–Trinajstić information content (AvgIpc) is 2.93. The minimum Gasteiger partial charge on any atom is -0.390 e. The smallest absolute Gasteiger partial charge is 0.0831 e. The van der Waals surface area contributed by atoms with E-state index in [0.29, 0.717) is 0 Å². The minimum absolute atomic E-state index is 0.0408. The summed E-state index contributed by atoms with van der Waals surface area (Å²) in [5, 5.41) is 10.6. The third kappa shape index (κ3) is 28.9. The fourth-order valence-electron chi connectivity index (χ4n) is 5.77. The molecule has 0 aromatic heterocycles. The van der Waals surface area contributed by atoms with Gasteiger partial charge in [0.2, 0.25) is 0 Å². The molecule has 0 heterocycles. The van der Waals surface area contributed by atoms with Crippen molar-refractivity contribution in [3.8, 4) is 0 Å². The number of aliphatic hydroxyl groups excluding tert-OH is 1. The molecule has 0 spiro atoms. The van der Waals surface area contributed by atoms with Gasteiger partial charge in [-0.3, -0.25) is 0 Å². The van der Waals surface area contributed by atoms with E-state index in [1.165, 1.54) is 167 Å². The molecular weight excluding hydrogens is 464 g/mol. The molecule has 38 heavy (non-hydrogen) atoms. The molecule has 0 bridgehead atoms. The first kappa shape index (κ1) is 37.9. The molecule has 1 N–H and O–H groups in total. The summed E-state index contributed by atoms with van der Waals surface area (Å²) in [5.41, 5.74) is 0. The summed E-state index contributed by atoms with van der Waals surface area (Å²) in [5.74, 6) is 0. The zero-order valence-electron chi connectivity index (χ0n) is 26.9. The van der Waals surface area contributed by atoms with Crippen LogP contribution in [0.1, 0.15) is 213 Å². The van der Waals surface area contributed by atoms with E-state index < -0.39 is 0 Å². The second kappa shape index (κ2) is 33.1. The lowest BCUT2D eigenvalue weighted by Crippen LogP contribution is -2.28. The van der Waals surface area contributed by atoms with Crippen LogP contribution in [0.5, 0.6) is 0 Å². The summed E-state index contributed by atoms with van der Waals surface area (Å²) in [6.45, 7) is 7.57. The minimum atomic E-state index is -0.274. The highest BCUT2D eigenvalue weighted by Crippen LogP contribution is 2.17. The molecule has 0 amide bonds. The van der Waals surface area contributed by atoms with Crippen LogP contribution in [0.3, 0.4) is 0 Å². The Morgan fingerprint density at radius 3 is 1.00 bits per heavy atom. The lowest BCUT2D eigenvalue weighted by molar-refractivity contribution is -0.0438. The number of aliphatic hydroxyl groups is 1. The van der Waals surface area contributed by atoms with Gasteiger partial charge in [-0.1, -0.05) is 194 Å². The zero-order valence-corrected chi connectivity index (χ0v) is 26.9. The van der Waals surface area contributed by atoms with E-state index in [-0.39, 0.29) is 12.2 Å². The van der Waals surface area contributed by atoms with E-state index >= 15 is 0 Å². The van der Waals surface area contributed by atoms with Gasteiger partial charge in [-0.05, 0) is 19.3 Å². The second-order valence-electron chi connectivity index (χ2n) is 12.4. The van der Waals surface area contributed by atoms with Gasteiger partial charge < -0.3 is 9.84 Å². The molecule has 0 aliphatic rings. The van der Waals surface area contributed by atoms with Gasteiger partial charge >= 0.3 is 0 Å². The molecule has 0 fully saturated rings. The summed E-state index contributed by atoms with van der Waals surface area (Å²) in [7, 11) is 0. The van der Waals surface area contributed by atoms with Crippen molar-refractivity contribution in [2.45, 2.75) is 226 Å². The van der Waals surface area contributed by atoms with Crippen LogP contribution in [0.4, 0.5) is 0 Å². The van der Waals surface area contributed by atoms with Gasteiger partial charge in [0.1, 0.15) is 0 Å². The number of unbranched alkanes of at least 4 members (excludes halogenated alkanes) is 26. The van der Waals surface area contributed by atoms with Crippen LogP contribution >= 0.6 is 0 Å². The number of rotatable bonds is 33. The van der Waals surface area contributed by atoms with Gasteiger partial charge in [0.25, 0.3) is 0 Å². The predicted molar refractivity (Wildman–Crippen MR) is 171 cm³/mol. The maximum Gasteiger partial charge on any atom is 0.0831 e. The average molecular weight is 539 g/mol. The fourth-order valence-corrected chi connectivity index (χ4v) is 5.77. The summed E-state index contributed by atoms with van der Waals surface area (Å²) < 4.78 is 6.08. The maximum atomic E-state index is 10.6. The first-order chi connectivity index (χ1) is 18.8. The molecule has 0 aromatic carbocycles. The summed E-state index contributed by atoms with van der Waals surface area (Å²) in [6, 6.07) is 0. The van der Waals surface area contributed by atoms with Crippen molar-refractivity contribution in [3.05, 3.63) is 0 Å². The normalized spacial score (nSPS) is 13.3. The Balaban J connectivity index is 3.38. The second-order valence-corrected chi connectivity index (χ2v) is 12.4. The molecule has 0 rings (SSSR count). The van der Waals surface area contributed by atoms with E-state index in [0.717, 1.165) is 32.3 Å². The van der Waals surface area contributed by atoms with E-state index in [1.807, 2.05) is 0 Å². The summed E-state index contributed by atoms with van der Waals surface area (Å²) in [4.78, 5) is 0. The van der Waals surface area contributed by atoms with Crippen LogP contribution in [-0.4, -0.2) is 23.9 Å². The lowest BCUT2D eigenvalue weighted by atomic mass is 10.0. The van der Waals surface area contributed by atoms with Crippen molar-refractivity contribution in [2.24, 2.45) is 0 Å². The predicted octanol–water partition coefficient (Wildman–Crippen LogP) is 12.5. The van der Waals surface area contributed by atoms with Crippen molar-refractivity contribution in [1.29, 1.82) is 0 Å². The quantitative estimate of drug-likeness (QED) is 0.0842.